The van der Waals surface area contributed by atoms with Crippen LogP contribution in [0.3, 0.4) is 0 Å². The normalized spacial score (nSPS) is 16.6. The van der Waals surface area contributed by atoms with Crippen molar-refractivity contribution in [2.24, 2.45) is 0 Å². The molecule has 5 heteroatoms. The van der Waals surface area contributed by atoms with E-state index < -0.39 is 0 Å². The van der Waals surface area contributed by atoms with Crippen LogP contribution < -0.4 is 5.32 Å². The molecule has 5 nitrogen and oxygen atoms in total. The topological polar surface area (TPSA) is 61.3 Å². The number of piperidine rings is 1. The van der Waals surface area contributed by atoms with Gasteiger partial charge in [-0.1, -0.05) is 13.3 Å². The zero-order valence-corrected chi connectivity index (χ0v) is 13.7. The van der Waals surface area contributed by atoms with E-state index in [4.69, 9.17) is 4.42 Å². The molecule has 0 spiro atoms. The van der Waals surface area contributed by atoms with Crippen LogP contribution in [-0.4, -0.2) is 35.4 Å². The Labute approximate surface area is 137 Å². The molecule has 1 amide bonds. The van der Waals surface area contributed by atoms with Crippen molar-refractivity contribution in [3.8, 4) is 0 Å². The van der Waals surface area contributed by atoms with Gasteiger partial charge in [0.2, 0.25) is 0 Å². The molecule has 0 aromatic carbocycles. The van der Waals surface area contributed by atoms with Crippen LogP contribution in [-0.2, 0) is 0 Å². The summed E-state index contributed by atoms with van der Waals surface area (Å²) in [5.41, 5.74) is 1.83. The number of carbonyl (C=O) groups excluding carboxylic acids is 1. The van der Waals surface area contributed by atoms with Crippen LogP contribution in [0.1, 0.15) is 54.4 Å². The molecule has 0 bridgehead atoms. The second kappa shape index (κ2) is 7.51. The SMILES string of the molecule is CCCCN1CCC(c2c[nH]c(NC(=O)c3ccoc3)c2)CC1. The Hall–Kier alpha value is -2.01. The minimum atomic E-state index is -0.151. The van der Waals surface area contributed by atoms with Crippen LogP contribution in [0.15, 0.2) is 35.3 Å². The molecule has 0 radical (unpaired) electrons. The first-order valence-electron chi connectivity index (χ1n) is 8.50. The van der Waals surface area contributed by atoms with Gasteiger partial charge >= 0.3 is 0 Å². The standard InChI is InChI=1S/C18H25N3O2/c1-2-3-7-21-8-4-14(5-9-21)16-11-17(19-12-16)20-18(22)15-6-10-23-13-15/h6,10-14,19H,2-5,7-9H2,1H3,(H,20,22). The van der Waals surface area contributed by atoms with Crippen molar-refractivity contribution in [2.75, 3.05) is 25.0 Å². The van der Waals surface area contributed by atoms with Gasteiger partial charge in [0.05, 0.1) is 11.8 Å². The van der Waals surface area contributed by atoms with Crippen molar-refractivity contribution >= 4 is 11.7 Å². The Morgan fingerprint density at radius 2 is 2.26 bits per heavy atom. The molecular formula is C18H25N3O2. The third-order valence-electron chi connectivity index (χ3n) is 4.62. The molecule has 3 rings (SSSR count). The molecule has 0 aliphatic carbocycles. The number of hydrogen-bond acceptors (Lipinski definition) is 3. The maximum Gasteiger partial charge on any atom is 0.260 e. The molecule has 0 atom stereocenters. The van der Waals surface area contributed by atoms with Gasteiger partial charge in [0.25, 0.3) is 5.91 Å². The fraction of sp³-hybridized carbons (Fsp3) is 0.500. The van der Waals surface area contributed by atoms with Crippen LogP contribution >= 0.6 is 0 Å². The fourth-order valence-electron chi connectivity index (χ4n) is 3.18. The summed E-state index contributed by atoms with van der Waals surface area (Å²) in [5.74, 6) is 1.19. The number of aromatic nitrogens is 1. The summed E-state index contributed by atoms with van der Waals surface area (Å²) in [5, 5.41) is 2.88. The van der Waals surface area contributed by atoms with Gasteiger partial charge in [-0.25, -0.2) is 0 Å². The van der Waals surface area contributed by atoms with Gasteiger partial charge in [0, 0.05) is 6.20 Å². The van der Waals surface area contributed by atoms with Crippen LogP contribution in [0.2, 0.25) is 0 Å². The van der Waals surface area contributed by atoms with Gasteiger partial charge in [-0.05, 0) is 62.5 Å². The van der Waals surface area contributed by atoms with Gasteiger partial charge < -0.3 is 19.6 Å². The molecule has 0 unspecified atom stereocenters. The molecular weight excluding hydrogens is 290 g/mol. The summed E-state index contributed by atoms with van der Waals surface area (Å²) in [4.78, 5) is 17.7. The summed E-state index contributed by atoms with van der Waals surface area (Å²) >= 11 is 0. The highest BCUT2D eigenvalue weighted by Gasteiger charge is 2.21. The Bertz CT molecular complexity index is 610. The first-order valence-corrected chi connectivity index (χ1v) is 8.50. The Kier molecular flexibility index (Phi) is 5.18. The van der Waals surface area contributed by atoms with Crippen molar-refractivity contribution in [3.63, 3.8) is 0 Å². The molecule has 2 aromatic heterocycles. The fourth-order valence-corrected chi connectivity index (χ4v) is 3.18. The van der Waals surface area contributed by atoms with Crippen LogP contribution in [0.25, 0.3) is 0 Å². The Morgan fingerprint density at radius 3 is 2.96 bits per heavy atom. The molecule has 1 aliphatic heterocycles. The summed E-state index contributed by atoms with van der Waals surface area (Å²) in [6.45, 7) is 5.81. The number of rotatable bonds is 6. The highest BCUT2D eigenvalue weighted by Crippen LogP contribution is 2.29. The molecule has 124 valence electrons. The Balaban J connectivity index is 1.52. The predicted molar refractivity (Wildman–Crippen MR) is 90.8 cm³/mol. The number of carbonyl (C=O) groups is 1. The van der Waals surface area contributed by atoms with E-state index in [9.17, 15) is 4.79 Å². The number of amides is 1. The van der Waals surface area contributed by atoms with Gasteiger partial charge in [-0.15, -0.1) is 0 Å². The first-order chi connectivity index (χ1) is 11.3. The van der Waals surface area contributed by atoms with Crippen molar-refractivity contribution in [1.82, 2.24) is 9.88 Å². The number of H-pyrrole nitrogens is 1. The van der Waals surface area contributed by atoms with Crippen LogP contribution in [0, 0.1) is 0 Å². The van der Waals surface area contributed by atoms with Gasteiger partial charge in [0.1, 0.15) is 12.1 Å². The van der Waals surface area contributed by atoms with E-state index >= 15 is 0 Å². The van der Waals surface area contributed by atoms with Crippen molar-refractivity contribution < 1.29 is 9.21 Å². The average molecular weight is 315 g/mol. The van der Waals surface area contributed by atoms with Crippen LogP contribution in [0.5, 0.6) is 0 Å². The number of furan rings is 1. The lowest BCUT2D eigenvalue weighted by atomic mass is 9.91. The zero-order valence-electron chi connectivity index (χ0n) is 13.7. The smallest absolute Gasteiger partial charge is 0.260 e. The van der Waals surface area contributed by atoms with E-state index in [1.165, 1.54) is 63.4 Å². The quantitative estimate of drug-likeness (QED) is 0.851. The van der Waals surface area contributed by atoms with E-state index in [0.29, 0.717) is 11.5 Å². The molecule has 3 heterocycles. The maximum absolute atomic E-state index is 12.0. The predicted octanol–water partition coefficient (Wildman–Crippen LogP) is 3.84. The second-order valence-electron chi connectivity index (χ2n) is 6.28. The monoisotopic (exact) mass is 315 g/mol. The summed E-state index contributed by atoms with van der Waals surface area (Å²) in [6, 6.07) is 3.72. The van der Waals surface area contributed by atoms with E-state index in [2.05, 4.69) is 28.2 Å². The molecule has 1 aliphatic rings. The van der Waals surface area contributed by atoms with E-state index in [1.54, 1.807) is 6.07 Å². The summed E-state index contributed by atoms with van der Waals surface area (Å²) < 4.78 is 4.94. The average Bonchev–Trinajstić information content (AvgIpc) is 3.25. The lowest BCUT2D eigenvalue weighted by molar-refractivity contribution is 0.102. The van der Waals surface area contributed by atoms with E-state index in [-0.39, 0.29) is 5.91 Å². The van der Waals surface area contributed by atoms with E-state index in [1.807, 2.05) is 6.20 Å². The molecule has 23 heavy (non-hydrogen) atoms. The molecule has 1 saturated heterocycles. The van der Waals surface area contributed by atoms with Crippen molar-refractivity contribution in [2.45, 2.75) is 38.5 Å². The highest BCUT2D eigenvalue weighted by molar-refractivity contribution is 6.03. The minimum Gasteiger partial charge on any atom is -0.472 e. The van der Waals surface area contributed by atoms with Crippen molar-refractivity contribution in [1.29, 1.82) is 0 Å². The number of hydrogen-bond donors (Lipinski definition) is 2. The third-order valence-corrected chi connectivity index (χ3v) is 4.62. The first kappa shape index (κ1) is 15.9. The summed E-state index contributed by atoms with van der Waals surface area (Å²) in [7, 11) is 0. The number of nitrogens with zero attached hydrogens (tertiary/aromatic N) is 1. The van der Waals surface area contributed by atoms with Crippen LogP contribution in [0.4, 0.5) is 5.82 Å². The number of aromatic amines is 1. The largest absolute Gasteiger partial charge is 0.472 e. The Morgan fingerprint density at radius 1 is 1.43 bits per heavy atom. The number of unbranched alkanes of at least 4 members (excludes halogenated alkanes) is 1. The highest BCUT2D eigenvalue weighted by atomic mass is 16.3. The molecule has 1 fully saturated rings. The lowest BCUT2D eigenvalue weighted by Crippen LogP contribution is -2.33. The van der Waals surface area contributed by atoms with Gasteiger partial charge in [0.15, 0.2) is 0 Å². The van der Waals surface area contributed by atoms with Gasteiger partial charge in [-0.2, -0.15) is 0 Å². The van der Waals surface area contributed by atoms with Gasteiger partial charge in [-0.3, -0.25) is 4.79 Å². The summed E-state index contributed by atoms with van der Waals surface area (Å²) in [6.07, 6.45) is 9.91. The second-order valence-corrected chi connectivity index (χ2v) is 6.28. The molecule has 2 N–H and O–H groups in total. The number of likely N-dealkylation sites (tertiary alicyclic amines) is 1. The molecule has 0 saturated carbocycles. The minimum absolute atomic E-state index is 0.151. The maximum atomic E-state index is 12.0. The zero-order chi connectivity index (χ0) is 16.1. The number of anilines is 1. The number of nitrogens with one attached hydrogen (secondary N) is 2. The third kappa shape index (κ3) is 4.05. The van der Waals surface area contributed by atoms with E-state index in [0.717, 1.165) is 5.82 Å². The van der Waals surface area contributed by atoms with Crippen molar-refractivity contribution in [3.05, 3.63) is 42.0 Å². The lowest BCUT2D eigenvalue weighted by Gasteiger charge is -2.31. The molecule has 2 aromatic rings.